The van der Waals surface area contributed by atoms with Crippen LogP contribution in [0.1, 0.15) is 26.4 Å². The fourth-order valence-electron chi connectivity index (χ4n) is 2.83. The van der Waals surface area contributed by atoms with Gasteiger partial charge < -0.3 is 19.7 Å². The highest BCUT2D eigenvalue weighted by molar-refractivity contribution is 7.16. The van der Waals surface area contributed by atoms with Gasteiger partial charge in [0.05, 0.1) is 18.7 Å². The van der Waals surface area contributed by atoms with Crippen molar-refractivity contribution in [1.29, 1.82) is 5.26 Å². The highest BCUT2D eigenvalue weighted by atomic mass is 32.1. The van der Waals surface area contributed by atoms with Crippen LogP contribution in [0.3, 0.4) is 0 Å². The van der Waals surface area contributed by atoms with Crippen LogP contribution in [0.5, 0.6) is 0 Å². The van der Waals surface area contributed by atoms with Crippen molar-refractivity contribution in [3.8, 4) is 6.07 Å². The molecule has 1 aromatic heterocycles. The van der Waals surface area contributed by atoms with Crippen LogP contribution < -0.4 is 5.32 Å². The Bertz CT molecular complexity index is 873. The van der Waals surface area contributed by atoms with Gasteiger partial charge in [-0.25, -0.2) is 4.79 Å². The van der Waals surface area contributed by atoms with Crippen molar-refractivity contribution < 1.29 is 19.1 Å². The van der Waals surface area contributed by atoms with Crippen LogP contribution in [0.2, 0.25) is 0 Å². The second-order valence-corrected chi connectivity index (χ2v) is 7.02. The minimum atomic E-state index is -0.403. The van der Waals surface area contributed by atoms with E-state index in [2.05, 4.69) is 11.4 Å². The minimum Gasteiger partial charge on any atom is -0.447 e. The molecule has 0 aliphatic carbocycles. The first-order valence-electron chi connectivity index (χ1n) is 8.45. The van der Waals surface area contributed by atoms with Gasteiger partial charge in [0, 0.05) is 24.1 Å². The summed E-state index contributed by atoms with van der Waals surface area (Å²) in [5.41, 5.74) is 1.90. The number of amides is 2. The summed E-state index contributed by atoms with van der Waals surface area (Å²) in [5, 5.41) is 12.9. The lowest BCUT2D eigenvalue weighted by Gasteiger charge is -2.26. The largest absolute Gasteiger partial charge is 0.447 e. The van der Waals surface area contributed by atoms with Crippen LogP contribution in [0.15, 0.2) is 30.3 Å². The van der Waals surface area contributed by atoms with Crippen molar-refractivity contribution >= 4 is 28.3 Å². The predicted octanol–water partition coefficient (Wildman–Crippen LogP) is 3.01. The van der Waals surface area contributed by atoms with Crippen LogP contribution in [-0.2, 0) is 22.4 Å². The number of benzene rings is 1. The van der Waals surface area contributed by atoms with E-state index in [-0.39, 0.29) is 12.5 Å². The maximum absolute atomic E-state index is 12.4. The normalized spacial score (nSPS) is 12.8. The van der Waals surface area contributed by atoms with Crippen molar-refractivity contribution in [2.24, 2.45) is 0 Å². The molecule has 1 aliphatic heterocycles. The first-order chi connectivity index (χ1) is 13.1. The molecule has 2 heterocycles. The molecular formula is C19H19N3O4S. The van der Waals surface area contributed by atoms with Crippen molar-refractivity contribution in [3.63, 3.8) is 0 Å². The number of rotatable bonds is 5. The Morgan fingerprint density at radius 2 is 2.07 bits per heavy atom. The van der Waals surface area contributed by atoms with Crippen LogP contribution in [0.25, 0.3) is 0 Å². The van der Waals surface area contributed by atoms with Gasteiger partial charge in [0.15, 0.2) is 0 Å². The molecule has 27 heavy (non-hydrogen) atoms. The topological polar surface area (TPSA) is 91.7 Å². The molecule has 1 N–H and O–H groups in total. The maximum atomic E-state index is 12.4. The van der Waals surface area contributed by atoms with Crippen LogP contribution in [0.4, 0.5) is 9.80 Å². The van der Waals surface area contributed by atoms with E-state index in [1.54, 1.807) is 36.3 Å². The Labute approximate surface area is 161 Å². The smallest absolute Gasteiger partial charge is 0.410 e. The molecule has 2 amide bonds. The first-order valence-corrected chi connectivity index (χ1v) is 9.27. The summed E-state index contributed by atoms with van der Waals surface area (Å²) >= 11 is 1.33. The third-order valence-electron chi connectivity index (χ3n) is 4.20. The van der Waals surface area contributed by atoms with Crippen molar-refractivity contribution in [1.82, 2.24) is 4.90 Å². The van der Waals surface area contributed by atoms with E-state index in [0.717, 1.165) is 10.4 Å². The fraction of sp³-hybridized carbons (Fsp3) is 0.316. The molecule has 3 rings (SSSR count). The third-order valence-corrected chi connectivity index (χ3v) is 5.34. The van der Waals surface area contributed by atoms with Gasteiger partial charge in [0.2, 0.25) is 0 Å². The Balaban J connectivity index is 1.74. The number of nitrogens with one attached hydrogen (secondary N) is 1. The average molecular weight is 385 g/mol. The van der Waals surface area contributed by atoms with Crippen molar-refractivity contribution in [2.45, 2.75) is 13.0 Å². The van der Waals surface area contributed by atoms with Gasteiger partial charge in [-0.3, -0.25) is 4.79 Å². The van der Waals surface area contributed by atoms with E-state index >= 15 is 0 Å². The van der Waals surface area contributed by atoms with Crippen LogP contribution >= 0.6 is 11.3 Å². The first kappa shape index (κ1) is 18.9. The summed E-state index contributed by atoms with van der Waals surface area (Å²) in [6.07, 6.45) is 0.148. The molecule has 140 valence electrons. The molecule has 0 atom stereocenters. The van der Waals surface area contributed by atoms with Gasteiger partial charge in [-0.15, -0.1) is 11.3 Å². The van der Waals surface area contributed by atoms with E-state index in [4.69, 9.17) is 9.47 Å². The third kappa shape index (κ3) is 4.27. The number of fused-ring (bicyclic) bond motifs is 1. The predicted molar refractivity (Wildman–Crippen MR) is 101 cm³/mol. The Hall–Kier alpha value is -2.89. The van der Waals surface area contributed by atoms with Gasteiger partial charge in [-0.2, -0.15) is 5.26 Å². The van der Waals surface area contributed by atoms with E-state index in [9.17, 15) is 14.9 Å². The lowest BCUT2D eigenvalue weighted by Crippen LogP contribution is -2.36. The second-order valence-electron chi connectivity index (χ2n) is 5.92. The molecule has 0 spiro atoms. The molecule has 0 unspecified atom stereocenters. The average Bonchev–Trinajstić information content (AvgIpc) is 3.04. The molecule has 0 bridgehead atoms. The van der Waals surface area contributed by atoms with Gasteiger partial charge in [0.25, 0.3) is 5.91 Å². The van der Waals surface area contributed by atoms with Crippen molar-refractivity contribution in [3.05, 3.63) is 51.9 Å². The number of carbonyl (C=O) groups is 2. The summed E-state index contributed by atoms with van der Waals surface area (Å²) in [4.78, 5) is 27.0. The number of hydrogen-bond donors (Lipinski definition) is 1. The standard InChI is InChI=1S/C19H19N3O4S/c1-25-9-10-26-19(24)22-8-7-14-15(11-20)18(27-16(14)12-22)21-17(23)13-5-3-2-4-6-13/h2-6H,7-10,12H2,1H3,(H,21,23). The second kappa shape index (κ2) is 8.66. The molecule has 1 aliphatic rings. The highest BCUT2D eigenvalue weighted by Crippen LogP contribution is 2.37. The zero-order valence-electron chi connectivity index (χ0n) is 14.9. The molecule has 8 heteroatoms. The maximum Gasteiger partial charge on any atom is 0.410 e. The SMILES string of the molecule is COCCOC(=O)N1CCc2c(sc(NC(=O)c3ccccc3)c2C#N)C1. The summed E-state index contributed by atoms with van der Waals surface area (Å²) in [5.74, 6) is -0.262. The fourth-order valence-corrected chi connectivity index (χ4v) is 4.04. The number of nitrogens with zero attached hydrogens (tertiary/aromatic N) is 2. The monoisotopic (exact) mass is 385 g/mol. The zero-order valence-corrected chi connectivity index (χ0v) is 15.7. The van der Waals surface area contributed by atoms with Gasteiger partial charge in [-0.05, 0) is 24.1 Å². The lowest BCUT2D eigenvalue weighted by atomic mass is 10.0. The minimum absolute atomic E-state index is 0.199. The van der Waals surface area contributed by atoms with E-state index < -0.39 is 6.09 Å². The number of carbonyl (C=O) groups excluding carboxylic acids is 2. The molecule has 0 radical (unpaired) electrons. The molecular weight excluding hydrogens is 366 g/mol. The zero-order chi connectivity index (χ0) is 19.2. The Morgan fingerprint density at radius 3 is 2.78 bits per heavy atom. The molecule has 0 fully saturated rings. The number of methoxy groups -OCH3 is 1. The molecule has 7 nitrogen and oxygen atoms in total. The molecule has 2 aromatic rings. The molecule has 1 aromatic carbocycles. The number of thiophene rings is 1. The van der Waals surface area contributed by atoms with Crippen LogP contribution in [-0.4, -0.2) is 43.8 Å². The van der Waals surface area contributed by atoms with Gasteiger partial charge >= 0.3 is 6.09 Å². The summed E-state index contributed by atoms with van der Waals surface area (Å²) < 4.78 is 10.0. The van der Waals surface area contributed by atoms with E-state index in [0.29, 0.717) is 42.2 Å². The van der Waals surface area contributed by atoms with Crippen molar-refractivity contribution in [2.75, 3.05) is 32.2 Å². The van der Waals surface area contributed by atoms with E-state index in [1.807, 2.05) is 6.07 Å². The molecule has 0 saturated carbocycles. The van der Waals surface area contributed by atoms with E-state index in [1.165, 1.54) is 11.3 Å². The van der Waals surface area contributed by atoms with Gasteiger partial charge in [-0.1, -0.05) is 18.2 Å². The number of anilines is 1. The number of hydrogen-bond acceptors (Lipinski definition) is 6. The summed E-state index contributed by atoms with van der Waals surface area (Å²) in [6, 6.07) is 11.0. The number of ether oxygens (including phenoxy) is 2. The molecule has 0 saturated heterocycles. The highest BCUT2D eigenvalue weighted by Gasteiger charge is 2.28. The Kier molecular flexibility index (Phi) is 6.06. The quantitative estimate of drug-likeness (QED) is 0.799. The summed E-state index contributed by atoms with van der Waals surface area (Å²) in [7, 11) is 1.54. The Morgan fingerprint density at radius 1 is 1.30 bits per heavy atom. The number of nitriles is 1. The van der Waals surface area contributed by atoms with Gasteiger partial charge in [0.1, 0.15) is 17.7 Å². The van der Waals surface area contributed by atoms with Crippen LogP contribution in [0, 0.1) is 11.3 Å². The lowest BCUT2D eigenvalue weighted by molar-refractivity contribution is 0.0691. The summed E-state index contributed by atoms with van der Waals surface area (Å²) in [6.45, 7) is 1.38.